The molecule has 0 aliphatic rings. The highest BCUT2D eigenvalue weighted by Crippen LogP contribution is 2.15. The molecular weight excluding hydrogens is 360 g/mol. The first-order chi connectivity index (χ1) is 11.2. The number of pyridine rings is 1. The van der Waals surface area contributed by atoms with E-state index in [4.69, 9.17) is 5.73 Å². The van der Waals surface area contributed by atoms with Crippen LogP contribution in [0.25, 0.3) is 10.9 Å². The molecule has 0 amide bonds. The second-order valence-corrected chi connectivity index (χ2v) is 5.64. The van der Waals surface area contributed by atoms with Gasteiger partial charge in [0, 0.05) is 5.39 Å². The van der Waals surface area contributed by atoms with Gasteiger partial charge < -0.3 is 11.1 Å². The SMILES string of the molecule is Cl.Cl.Nc1ccc2ccc(CCNCCc3ccc(F)cc3)cc2n1. The number of rotatable bonds is 6. The Balaban J connectivity index is 0.00000156. The fraction of sp³-hybridized carbons (Fsp3) is 0.211. The number of fused-ring (bicyclic) bond motifs is 1. The Morgan fingerprint density at radius 3 is 2.16 bits per heavy atom. The number of anilines is 1. The number of nitrogen functional groups attached to an aromatic ring is 1. The average molecular weight is 382 g/mol. The van der Waals surface area contributed by atoms with E-state index in [-0.39, 0.29) is 30.6 Å². The van der Waals surface area contributed by atoms with Crippen molar-refractivity contribution in [2.24, 2.45) is 0 Å². The quantitative estimate of drug-likeness (QED) is 0.629. The van der Waals surface area contributed by atoms with Gasteiger partial charge in [-0.3, -0.25) is 0 Å². The van der Waals surface area contributed by atoms with Gasteiger partial charge in [-0.1, -0.05) is 24.3 Å². The topological polar surface area (TPSA) is 50.9 Å². The summed E-state index contributed by atoms with van der Waals surface area (Å²) in [7, 11) is 0. The van der Waals surface area contributed by atoms with Crippen LogP contribution in [0.3, 0.4) is 0 Å². The summed E-state index contributed by atoms with van der Waals surface area (Å²) in [4.78, 5) is 4.35. The van der Waals surface area contributed by atoms with Crippen LogP contribution in [0.5, 0.6) is 0 Å². The predicted octanol–water partition coefficient (Wildman–Crippen LogP) is 4.17. The highest BCUT2D eigenvalue weighted by molar-refractivity contribution is 5.85. The van der Waals surface area contributed by atoms with E-state index in [1.807, 2.05) is 24.3 Å². The standard InChI is InChI=1S/C19H20FN3.2ClH/c20-17-6-2-14(3-7-17)9-11-22-12-10-15-1-4-16-5-8-19(21)23-18(16)13-15;;/h1-8,13,22H,9-12H2,(H2,21,23);2*1H. The third-order valence-electron chi connectivity index (χ3n) is 3.87. The first-order valence-corrected chi connectivity index (χ1v) is 7.81. The lowest BCUT2D eigenvalue weighted by molar-refractivity contribution is 0.626. The molecule has 3 rings (SSSR count). The second kappa shape index (κ2) is 10.2. The lowest BCUT2D eigenvalue weighted by Gasteiger charge is -2.06. The third-order valence-corrected chi connectivity index (χ3v) is 3.87. The molecule has 0 atom stereocenters. The van der Waals surface area contributed by atoms with E-state index >= 15 is 0 Å². The summed E-state index contributed by atoms with van der Waals surface area (Å²) in [5.41, 5.74) is 9.05. The second-order valence-electron chi connectivity index (χ2n) is 5.64. The Kier molecular flexibility index (Phi) is 8.62. The molecule has 1 aromatic heterocycles. The fourth-order valence-corrected chi connectivity index (χ4v) is 2.58. The number of halogens is 3. The molecule has 3 nitrogen and oxygen atoms in total. The van der Waals surface area contributed by atoms with E-state index in [9.17, 15) is 4.39 Å². The molecule has 0 fully saturated rings. The molecular formula is C19H22Cl2FN3. The zero-order chi connectivity index (χ0) is 16.1. The summed E-state index contributed by atoms with van der Waals surface area (Å²) in [6.45, 7) is 1.78. The molecule has 0 radical (unpaired) electrons. The Morgan fingerprint density at radius 2 is 1.44 bits per heavy atom. The number of nitrogens with two attached hydrogens (primary N) is 1. The van der Waals surface area contributed by atoms with Crippen molar-refractivity contribution < 1.29 is 4.39 Å². The molecule has 0 aliphatic heterocycles. The van der Waals surface area contributed by atoms with Crippen molar-refractivity contribution in [1.82, 2.24) is 10.3 Å². The third kappa shape index (κ3) is 6.16. The Hall–Kier alpha value is -1.88. The summed E-state index contributed by atoms with van der Waals surface area (Å²) >= 11 is 0. The minimum Gasteiger partial charge on any atom is -0.384 e. The Morgan fingerprint density at radius 1 is 0.840 bits per heavy atom. The van der Waals surface area contributed by atoms with E-state index in [2.05, 4.69) is 28.5 Å². The highest BCUT2D eigenvalue weighted by Gasteiger charge is 1.99. The van der Waals surface area contributed by atoms with E-state index in [0.717, 1.165) is 42.4 Å². The monoisotopic (exact) mass is 381 g/mol. The smallest absolute Gasteiger partial charge is 0.124 e. The van der Waals surface area contributed by atoms with Crippen LogP contribution in [0, 0.1) is 5.82 Å². The van der Waals surface area contributed by atoms with Crippen LogP contribution in [0.15, 0.2) is 54.6 Å². The van der Waals surface area contributed by atoms with Crippen molar-refractivity contribution >= 4 is 41.5 Å². The van der Waals surface area contributed by atoms with Crippen LogP contribution in [-0.4, -0.2) is 18.1 Å². The van der Waals surface area contributed by atoms with Crippen LogP contribution in [0.2, 0.25) is 0 Å². The molecule has 3 aromatic rings. The number of nitrogens with one attached hydrogen (secondary N) is 1. The van der Waals surface area contributed by atoms with Crippen LogP contribution in [0.4, 0.5) is 10.2 Å². The summed E-state index contributed by atoms with van der Waals surface area (Å²) in [5, 5.41) is 4.52. The van der Waals surface area contributed by atoms with Gasteiger partial charge in [0.05, 0.1) is 5.52 Å². The van der Waals surface area contributed by atoms with Gasteiger partial charge in [-0.05, 0) is 67.4 Å². The van der Waals surface area contributed by atoms with Gasteiger partial charge in [0.1, 0.15) is 11.6 Å². The van der Waals surface area contributed by atoms with Gasteiger partial charge in [-0.25, -0.2) is 9.37 Å². The van der Waals surface area contributed by atoms with Crippen LogP contribution < -0.4 is 11.1 Å². The normalized spacial score (nSPS) is 10.1. The fourth-order valence-electron chi connectivity index (χ4n) is 2.58. The van der Waals surface area contributed by atoms with E-state index in [0.29, 0.717) is 5.82 Å². The first-order valence-electron chi connectivity index (χ1n) is 7.81. The van der Waals surface area contributed by atoms with Gasteiger partial charge in [0.25, 0.3) is 0 Å². The van der Waals surface area contributed by atoms with Crippen molar-refractivity contribution in [3.63, 3.8) is 0 Å². The molecule has 0 aliphatic carbocycles. The van der Waals surface area contributed by atoms with Crippen LogP contribution in [-0.2, 0) is 12.8 Å². The van der Waals surface area contributed by atoms with Crippen molar-refractivity contribution in [2.75, 3.05) is 18.8 Å². The number of benzene rings is 2. The molecule has 2 aromatic carbocycles. The van der Waals surface area contributed by atoms with Crippen molar-refractivity contribution in [2.45, 2.75) is 12.8 Å². The maximum absolute atomic E-state index is 12.8. The molecule has 134 valence electrons. The molecule has 0 spiro atoms. The molecule has 0 bridgehead atoms. The minimum absolute atomic E-state index is 0. The Labute approximate surface area is 159 Å². The minimum atomic E-state index is -0.188. The largest absolute Gasteiger partial charge is 0.384 e. The molecule has 3 N–H and O–H groups in total. The molecule has 1 heterocycles. The maximum atomic E-state index is 12.8. The molecule has 0 unspecified atom stereocenters. The zero-order valence-corrected chi connectivity index (χ0v) is 15.4. The van der Waals surface area contributed by atoms with Gasteiger partial charge in [0.2, 0.25) is 0 Å². The van der Waals surface area contributed by atoms with E-state index in [1.165, 1.54) is 17.7 Å². The van der Waals surface area contributed by atoms with Crippen LogP contribution in [0.1, 0.15) is 11.1 Å². The molecule has 0 saturated heterocycles. The van der Waals surface area contributed by atoms with Crippen LogP contribution >= 0.6 is 24.8 Å². The van der Waals surface area contributed by atoms with Gasteiger partial charge in [-0.2, -0.15) is 0 Å². The summed E-state index contributed by atoms with van der Waals surface area (Å²) < 4.78 is 12.8. The first kappa shape index (κ1) is 21.2. The Bertz CT molecular complexity index is 794. The number of aromatic nitrogens is 1. The molecule has 25 heavy (non-hydrogen) atoms. The van der Waals surface area contributed by atoms with Crippen molar-refractivity contribution in [3.8, 4) is 0 Å². The maximum Gasteiger partial charge on any atom is 0.124 e. The highest BCUT2D eigenvalue weighted by atomic mass is 35.5. The van der Waals surface area contributed by atoms with Crippen molar-refractivity contribution in [3.05, 3.63) is 71.5 Å². The number of hydrogen-bond donors (Lipinski definition) is 2. The van der Waals surface area contributed by atoms with Gasteiger partial charge in [0.15, 0.2) is 0 Å². The average Bonchev–Trinajstić information content (AvgIpc) is 2.56. The zero-order valence-electron chi connectivity index (χ0n) is 13.7. The summed E-state index contributed by atoms with van der Waals surface area (Å²) in [6, 6.07) is 16.8. The van der Waals surface area contributed by atoms with Gasteiger partial charge in [-0.15, -0.1) is 24.8 Å². The summed E-state index contributed by atoms with van der Waals surface area (Å²) in [6.07, 6.45) is 1.84. The lowest BCUT2D eigenvalue weighted by atomic mass is 10.1. The van der Waals surface area contributed by atoms with E-state index < -0.39 is 0 Å². The van der Waals surface area contributed by atoms with E-state index in [1.54, 1.807) is 0 Å². The summed E-state index contributed by atoms with van der Waals surface area (Å²) in [5.74, 6) is 0.360. The predicted molar refractivity (Wildman–Crippen MR) is 107 cm³/mol. The molecule has 0 saturated carbocycles. The number of nitrogens with zero attached hydrogens (tertiary/aromatic N) is 1. The molecule has 6 heteroatoms. The lowest BCUT2D eigenvalue weighted by Crippen LogP contribution is -2.20. The number of hydrogen-bond acceptors (Lipinski definition) is 3. The van der Waals surface area contributed by atoms with Gasteiger partial charge >= 0.3 is 0 Å². The van der Waals surface area contributed by atoms with Crippen molar-refractivity contribution in [1.29, 1.82) is 0 Å².